The molecule has 0 unspecified atom stereocenters. The van der Waals surface area contributed by atoms with Gasteiger partial charge in [-0.05, 0) is 57.2 Å². The molecule has 0 saturated heterocycles. The number of ether oxygens (including phenoxy) is 3. The average molecular weight is 406 g/mol. The number of hydrazine groups is 1. The monoisotopic (exact) mass is 406 g/mol. The van der Waals surface area contributed by atoms with Gasteiger partial charge in [0.25, 0.3) is 11.8 Å². The van der Waals surface area contributed by atoms with Crippen molar-refractivity contribution in [2.45, 2.75) is 32.6 Å². The Bertz CT molecular complexity index is 956. The number of hydrogen-bond acceptors (Lipinski definition) is 5. The zero-order valence-corrected chi connectivity index (χ0v) is 16.3. The molecule has 2 amide bonds. The first-order valence-electron chi connectivity index (χ1n) is 8.70. The number of rotatable bonds is 3. The Morgan fingerprint density at radius 1 is 1.03 bits per heavy atom. The van der Waals surface area contributed by atoms with E-state index in [9.17, 15) is 18.4 Å². The Morgan fingerprint density at radius 3 is 2.38 bits per heavy atom. The van der Waals surface area contributed by atoms with Crippen molar-refractivity contribution in [3.63, 3.8) is 0 Å². The zero-order chi connectivity index (χ0) is 21.4. The van der Waals surface area contributed by atoms with Crippen LogP contribution in [0.15, 0.2) is 42.5 Å². The highest BCUT2D eigenvalue weighted by Crippen LogP contribution is 2.41. The number of nitrogens with one attached hydrogen (secondary N) is 1. The molecule has 0 aromatic heterocycles. The van der Waals surface area contributed by atoms with Crippen molar-refractivity contribution >= 4 is 11.8 Å². The number of fused-ring (bicyclic) bond motifs is 1. The third-order valence-corrected chi connectivity index (χ3v) is 4.07. The van der Waals surface area contributed by atoms with Crippen LogP contribution in [0.3, 0.4) is 0 Å². The fourth-order valence-corrected chi connectivity index (χ4v) is 2.66. The molecule has 3 rings (SSSR count). The van der Waals surface area contributed by atoms with Crippen LogP contribution in [0.2, 0.25) is 0 Å². The van der Waals surface area contributed by atoms with E-state index >= 15 is 0 Å². The molecule has 2 aromatic carbocycles. The lowest BCUT2D eigenvalue weighted by atomic mass is 10.1. The van der Waals surface area contributed by atoms with E-state index in [0.29, 0.717) is 11.3 Å². The highest BCUT2D eigenvalue weighted by Gasteiger charge is 2.43. The number of alkyl halides is 2. The molecular weight excluding hydrogens is 386 g/mol. The molecule has 1 aliphatic rings. The van der Waals surface area contributed by atoms with Crippen LogP contribution in [0, 0.1) is 0 Å². The topological polar surface area (TPSA) is 77.1 Å². The smallest absolute Gasteiger partial charge is 0.497 e. The van der Waals surface area contributed by atoms with Gasteiger partial charge < -0.3 is 14.2 Å². The van der Waals surface area contributed by atoms with Crippen LogP contribution < -0.4 is 19.6 Å². The van der Waals surface area contributed by atoms with Crippen molar-refractivity contribution < 1.29 is 32.6 Å². The molecule has 154 valence electrons. The van der Waals surface area contributed by atoms with Crippen molar-refractivity contribution in [1.29, 1.82) is 0 Å². The van der Waals surface area contributed by atoms with Crippen molar-refractivity contribution in [1.82, 2.24) is 10.4 Å². The summed E-state index contributed by atoms with van der Waals surface area (Å²) in [7, 11) is 1.48. The Hall–Kier alpha value is -3.36. The molecule has 29 heavy (non-hydrogen) atoms. The Kier molecular flexibility index (Phi) is 5.08. The number of methoxy groups -OCH3 is 1. The van der Waals surface area contributed by atoms with Gasteiger partial charge >= 0.3 is 6.29 Å². The van der Waals surface area contributed by atoms with Crippen molar-refractivity contribution in [2.24, 2.45) is 0 Å². The first kappa shape index (κ1) is 20.4. The van der Waals surface area contributed by atoms with Crippen LogP contribution in [0.1, 0.15) is 41.5 Å². The van der Waals surface area contributed by atoms with Crippen LogP contribution >= 0.6 is 0 Å². The second-order valence-electron chi connectivity index (χ2n) is 7.31. The van der Waals surface area contributed by atoms with Gasteiger partial charge in [0.15, 0.2) is 11.5 Å². The third-order valence-electron chi connectivity index (χ3n) is 4.07. The van der Waals surface area contributed by atoms with Gasteiger partial charge in [-0.2, -0.15) is 0 Å². The molecule has 1 aliphatic heterocycles. The minimum atomic E-state index is -3.78. The lowest BCUT2D eigenvalue weighted by Crippen LogP contribution is -2.55. The summed E-state index contributed by atoms with van der Waals surface area (Å²) >= 11 is 0. The van der Waals surface area contributed by atoms with E-state index in [1.807, 2.05) is 0 Å². The second kappa shape index (κ2) is 7.23. The SMILES string of the molecule is COc1cccc(C(=O)N(NC(=O)c2ccc3c(c2)OC(F)(F)O3)C(C)(C)C)c1. The maximum atomic E-state index is 13.2. The van der Waals surface area contributed by atoms with E-state index in [4.69, 9.17) is 4.74 Å². The van der Waals surface area contributed by atoms with Crippen molar-refractivity contribution in [3.05, 3.63) is 53.6 Å². The van der Waals surface area contributed by atoms with Crippen molar-refractivity contribution in [3.8, 4) is 17.2 Å². The van der Waals surface area contributed by atoms with E-state index in [2.05, 4.69) is 14.9 Å². The summed E-state index contributed by atoms with van der Waals surface area (Å²) in [5.74, 6) is -1.07. The minimum Gasteiger partial charge on any atom is -0.497 e. The highest BCUT2D eigenvalue weighted by molar-refractivity contribution is 6.00. The Labute approximate surface area is 166 Å². The lowest BCUT2D eigenvalue weighted by Gasteiger charge is -2.35. The van der Waals surface area contributed by atoms with Gasteiger partial charge in [-0.25, -0.2) is 5.01 Å². The van der Waals surface area contributed by atoms with Crippen LogP contribution in [0.5, 0.6) is 17.2 Å². The molecule has 7 nitrogen and oxygen atoms in total. The predicted molar refractivity (Wildman–Crippen MR) is 99.0 cm³/mol. The molecule has 0 saturated carbocycles. The Balaban J connectivity index is 1.84. The maximum absolute atomic E-state index is 13.2. The van der Waals surface area contributed by atoms with Crippen LogP contribution in [-0.2, 0) is 0 Å². The molecule has 0 fully saturated rings. The second-order valence-corrected chi connectivity index (χ2v) is 7.31. The van der Waals surface area contributed by atoms with Crippen LogP contribution in [0.25, 0.3) is 0 Å². The summed E-state index contributed by atoms with van der Waals surface area (Å²) in [4.78, 5) is 25.7. The summed E-state index contributed by atoms with van der Waals surface area (Å²) < 4.78 is 40.2. The zero-order valence-electron chi connectivity index (χ0n) is 16.3. The summed E-state index contributed by atoms with van der Waals surface area (Å²) in [5.41, 5.74) is 2.10. The van der Waals surface area contributed by atoms with E-state index in [0.717, 1.165) is 6.07 Å². The van der Waals surface area contributed by atoms with E-state index in [1.165, 1.54) is 24.3 Å². The van der Waals surface area contributed by atoms with Gasteiger partial charge in [0.05, 0.1) is 12.6 Å². The number of carbonyl (C=O) groups is 2. The first-order valence-corrected chi connectivity index (χ1v) is 8.70. The Morgan fingerprint density at radius 2 is 1.72 bits per heavy atom. The summed E-state index contributed by atoms with van der Waals surface area (Å²) in [5, 5.41) is 1.17. The first-order chi connectivity index (χ1) is 13.5. The molecule has 0 spiro atoms. The van der Waals surface area contributed by atoms with Gasteiger partial charge in [0.1, 0.15) is 5.75 Å². The van der Waals surface area contributed by atoms with Crippen LogP contribution in [-0.4, -0.2) is 35.8 Å². The number of nitrogens with zero attached hydrogens (tertiary/aromatic N) is 1. The van der Waals surface area contributed by atoms with Crippen molar-refractivity contribution in [2.75, 3.05) is 7.11 Å². The van der Waals surface area contributed by atoms with Gasteiger partial charge in [-0.15, -0.1) is 8.78 Å². The lowest BCUT2D eigenvalue weighted by molar-refractivity contribution is -0.286. The van der Waals surface area contributed by atoms with E-state index in [1.54, 1.807) is 45.0 Å². The standard InChI is InChI=1S/C20H20F2N2O5/c1-19(2,3)24(18(26)13-6-5-7-14(10-13)27-4)23-17(25)12-8-9-15-16(11-12)29-20(21,22)28-15/h5-11H,1-4H3,(H,23,25). The van der Waals surface area contributed by atoms with Gasteiger partial charge in [-0.1, -0.05) is 6.07 Å². The van der Waals surface area contributed by atoms with Gasteiger partial charge in [0.2, 0.25) is 0 Å². The molecular formula is C20H20F2N2O5. The molecule has 9 heteroatoms. The normalized spacial score (nSPS) is 14.3. The number of carbonyl (C=O) groups excluding carboxylic acids is 2. The molecule has 1 heterocycles. The number of hydrogen-bond donors (Lipinski definition) is 1. The summed E-state index contributed by atoms with van der Waals surface area (Å²) in [6, 6.07) is 10.1. The third kappa shape index (κ3) is 4.39. The highest BCUT2D eigenvalue weighted by atomic mass is 19.3. The molecule has 2 aromatic rings. The molecule has 0 aliphatic carbocycles. The van der Waals surface area contributed by atoms with E-state index in [-0.39, 0.29) is 17.1 Å². The largest absolute Gasteiger partial charge is 0.586 e. The molecule has 0 atom stereocenters. The quantitative estimate of drug-likeness (QED) is 0.789. The molecule has 0 radical (unpaired) electrons. The fraction of sp³-hybridized carbons (Fsp3) is 0.300. The molecule has 1 N–H and O–H groups in total. The number of benzene rings is 2. The number of halogens is 2. The molecule has 0 bridgehead atoms. The summed E-state index contributed by atoms with van der Waals surface area (Å²) in [6.07, 6.45) is -3.78. The van der Waals surface area contributed by atoms with Gasteiger partial charge in [-0.3, -0.25) is 15.0 Å². The maximum Gasteiger partial charge on any atom is 0.586 e. The average Bonchev–Trinajstić information content (AvgIpc) is 2.97. The van der Waals surface area contributed by atoms with Gasteiger partial charge in [0, 0.05) is 11.1 Å². The minimum absolute atomic E-state index is 0.0257. The number of amides is 2. The van der Waals surface area contributed by atoms with Crippen LogP contribution in [0.4, 0.5) is 8.78 Å². The van der Waals surface area contributed by atoms with E-state index < -0.39 is 23.6 Å². The summed E-state index contributed by atoms with van der Waals surface area (Å²) in [6.45, 7) is 5.22. The predicted octanol–water partition coefficient (Wildman–Crippen LogP) is 3.60. The fourth-order valence-electron chi connectivity index (χ4n) is 2.66.